The highest BCUT2D eigenvalue weighted by atomic mass is 32.2. The van der Waals surface area contributed by atoms with E-state index in [9.17, 15) is 18.6 Å². The van der Waals surface area contributed by atoms with Crippen molar-refractivity contribution in [1.29, 1.82) is 0 Å². The largest absolute Gasteiger partial charge is 0.481 e. The lowest BCUT2D eigenvalue weighted by Crippen LogP contribution is -2.37. The van der Waals surface area contributed by atoms with Crippen LogP contribution in [0.4, 0.5) is 4.79 Å². The predicted octanol–water partition coefficient (Wildman–Crippen LogP) is 5.99. The molecule has 0 aliphatic heterocycles. The molecule has 256 valence electrons. The Morgan fingerprint density at radius 3 is 2.47 bits per heavy atom. The maximum absolute atomic E-state index is 13.3. The molecule has 1 fully saturated rings. The van der Waals surface area contributed by atoms with Crippen LogP contribution in [0.3, 0.4) is 0 Å². The van der Waals surface area contributed by atoms with Crippen molar-refractivity contribution in [2.75, 3.05) is 33.9 Å². The van der Waals surface area contributed by atoms with Crippen LogP contribution in [0.1, 0.15) is 87.6 Å². The number of para-hydroxylation sites is 1. The Hall–Kier alpha value is -3.90. The summed E-state index contributed by atoms with van der Waals surface area (Å²) in [6, 6.07) is 13.3. The van der Waals surface area contributed by atoms with E-state index < -0.39 is 34.7 Å². The first-order valence-electron chi connectivity index (χ1n) is 16.2. The highest BCUT2D eigenvalue weighted by Gasteiger charge is 2.28. The van der Waals surface area contributed by atoms with Crippen LogP contribution in [-0.2, 0) is 32.5 Å². The number of methoxy groups -OCH3 is 1. The molecule has 1 saturated carbocycles. The number of aromatic nitrogens is 1. The number of unbranched alkanes of at least 4 members (excludes halogenated alkanes) is 1. The van der Waals surface area contributed by atoms with E-state index in [0.29, 0.717) is 43.2 Å². The van der Waals surface area contributed by atoms with E-state index in [-0.39, 0.29) is 6.61 Å². The quantitative estimate of drug-likeness (QED) is 0.169. The maximum atomic E-state index is 13.3. The number of fused-ring (bicyclic) bond motifs is 1. The molecule has 4 rings (SSSR count). The van der Waals surface area contributed by atoms with Gasteiger partial charge in [-0.3, -0.25) is 9.52 Å². The molecular weight excluding hydrogens is 620 g/mol. The molecule has 2 N–H and O–H groups in total. The van der Waals surface area contributed by atoms with Crippen LogP contribution in [0.25, 0.3) is 22.2 Å². The first-order valence-corrected chi connectivity index (χ1v) is 17.3. The monoisotopic (exact) mass is 668 g/mol. The molecule has 1 heterocycles. The number of aryl methyl sites for hydroxylation is 1. The highest BCUT2D eigenvalue weighted by Crippen LogP contribution is 2.45. The Morgan fingerprint density at radius 1 is 1.04 bits per heavy atom. The second-order valence-corrected chi connectivity index (χ2v) is 14.2. The number of carbonyl (C=O) groups is 3. The van der Waals surface area contributed by atoms with E-state index in [1.807, 2.05) is 64.2 Å². The summed E-state index contributed by atoms with van der Waals surface area (Å²) in [6.07, 6.45) is 6.54. The molecule has 1 aliphatic carbocycles. The number of rotatable bonds is 13. The molecule has 11 nitrogen and oxygen atoms in total. The third kappa shape index (κ3) is 9.57. The summed E-state index contributed by atoms with van der Waals surface area (Å²) in [4.78, 5) is 37.0. The molecule has 2 aromatic carbocycles. The van der Waals surface area contributed by atoms with Gasteiger partial charge >= 0.3 is 12.1 Å². The first-order chi connectivity index (χ1) is 22.4. The van der Waals surface area contributed by atoms with Gasteiger partial charge < -0.3 is 24.1 Å². The van der Waals surface area contributed by atoms with Gasteiger partial charge in [-0.2, -0.15) is 0 Å². The number of nitrogens with one attached hydrogen (secondary N) is 2. The van der Waals surface area contributed by atoms with Gasteiger partial charge in [0.1, 0.15) is 11.4 Å². The molecule has 2 amide bonds. The van der Waals surface area contributed by atoms with Crippen molar-refractivity contribution in [1.82, 2.24) is 18.9 Å². The van der Waals surface area contributed by atoms with Gasteiger partial charge in [0.05, 0.1) is 12.8 Å². The molecule has 47 heavy (non-hydrogen) atoms. The molecule has 1 aromatic heterocycles. The van der Waals surface area contributed by atoms with Crippen LogP contribution in [-0.4, -0.2) is 70.5 Å². The second kappa shape index (κ2) is 16.3. The molecule has 0 saturated heterocycles. The SMILES string of the molecule is COC(=O)COc1ccccc1-c1c(C2CCCCC2)c2ccc(C(=O)NS(=O)N(C)CCCCNC(=O)OC(C)(C)C)cc2n1C. The number of nitrogens with zero attached hydrogens (tertiary/aromatic N) is 2. The molecule has 0 radical (unpaired) electrons. The topological polar surface area (TPSA) is 128 Å². The number of carbonyl (C=O) groups excluding carboxylic acids is 3. The zero-order valence-electron chi connectivity index (χ0n) is 28.4. The number of alkyl carbamates (subject to hydrolysis) is 1. The predicted molar refractivity (Wildman–Crippen MR) is 183 cm³/mol. The van der Waals surface area contributed by atoms with Gasteiger partial charge in [0.15, 0.2) is 17.8 Å². The van der Waals surface area contributed by atoms with Gasteiger partial charge in [0.2, 0.25) is 0 Å². The zero-order valence-corrected chi connectivity index (χ0v) is 29.2. The first kappa shape index (κ1) is 35.9. The van der Waals surface area contributed by atoms with Gasteiger partial charge in [-0.1, -0.05) is 37.5 Å². The Bertz CT molecular complexity index is 1590. The van der Waals surface area contributed by atoms with Crippen molar-refractivity contribution >= 4 is 40.0 Å². The molecule has 0 bridgehead atoms. The number of benzene rings is 2. The van der Waals surface area contributed by atoms with Crippen molar-refractivity contribution in [2.45, 2.75) is 77.2 Å². The smallest absolute Gasteiger partial charge is 0.407 e. The van der Waals surface area contributed by atoms with Crippen LogP contribution in [0.2, 0.25) is 0 Å². The average molecular weight is 669 g/mol. The maximum Gasteiger partial charge on any atom is 0.407 e. The summed E-state index contributed by atoms with van der Waals surface area (Å²) in [5.74, 6) is 0.0276. The van der Waals surface area contributed by atoms with Crippen molar-refractivity contribution in [3.63, 3.8) is 0 Å². The van der Waals surface area contributed by atoms with Crippen molar-refractivity contribution in [3.8, 4) is 17.0 Å². The molecule has 1 atom stereocenters. The Morgan fingerprint density at radius 2 is 1.77 bits per heavy atom. The minimum atomic E-state index is -1.74. The fourth-order valence-electron chi connectivity index (χ4n) is 5.98. The number of esters is 1. The van der Waals surface area contributed by atoms with Crippen LogP contribution < -0.4 is 14.8 Å². The Labute approximate surface area is 280 Å². The number of ether oxygens (including phenoxy) is 3. The molecule has 0 spiro atoms. The highest BCUT2D eigenvalue weighted by molar-refractivity contribution is 7.81. The van der Waals surface area contributed by atoms with Crippen LogP contribution in [0.5, 0.6) is 5.75 Å². The molecular formula is C35H48N4O7S. The summed E-state index contributed by atoms with van der Waals surface area (Å²) >= 11 is -1.74. The summed E-state index contributed by atoms with van der Waals surface area (Å²) in [6.45, 7) is 6.12. The minimum Gasteiger partial charge on any atom is -0.481 e. The van der Waals surface area contributed by atoms with E-state index >= 15 is 0 Å². The fourth-order valence-corrected chi connectivity index (χ4v) is 6.71. The van der Waals surface area contributed by atoms with Crippen molar-refractivity contribution in [3.05, 3.63) is 53.6 Å². The third-order valence-electron chi connectivity index (χ3n) is 8.26. The fraction of sp³-hybridized carbons (Fsp3) is 0.514. The Kier molecular flexibility index (Phi) is 12.4. The zero-order chi connectivity index (χ0) is 34.1. The van der Waals surface area contributed by atoms with E-state index in [4.69, 9.17) is 14.2 Å². The van der Waals surface area contributed by atoms with Gasteiger partial charge in [-0.05, 0) is 82.2 Å². The van der Waals surface area contributed by atoms with Crippen molar-refractivity contribution in [2.24, 2.45) is 7.05 Å². The Balaban J connectivity index is 1.50. The van der Waals surface area contributed by atoms with Crippen molar-refractivity contribution < 1.29 is 32.8 Å². The van der Waals surface area contributed by atoms with Gasteiger partial charge in [0, 0.05) is 49.2 Å². The third-order valence-corrected chi connectivity index (χ3v) is 9.37. The molecule has 3 aromatic rings. The van der Waals surface area contributed by atoms with Gasteiger partial charge in [-0.25, -0.2) is 18.1 Å². The average Bonchev–Trinajstić information content (AvgIpc) is 3.34. The lowest BCUT2D eigenvalue weighted by atomic mass is 9.81. The minimum absolute atomic E-state index is 0.199. The van der Waals surface area contributed by atoms with E-state index in [1.165, 1.54) is 19.1 Å². The van der Waals surface area contributed by atoms with Crippen LogP contribution in [0, 0.1) is 0 Å². The van der Waals surface area contributed by atoms with Crippen LogP contribution >= 0.6 is 0 Å². The molecule has 1 unspecified atom stereocenters. The normalized spacial score (nSPS) is 14.5. The standard InChI is InChI=1S/C35H48N4O7S/c1-35(2,3)46-34(42)36-20-12-13-21-38(4)47(43)37-33(41)25-18-19-26-28(22-25)39(5)32(31(26)24-14-8-7-9-15-24)27-16-10-11-17-29(27)45-23-30(40)44-6/h10-11,16-19,22,24H,7-9,12-15,20-21,23H2,1-6H3,(H,36,42)(H,37,41). The summed E-state index contributed by atoms with van der Waals surface area (Å²) < 4.78 is 35.2. The lowest BCUT2D eigenvalue weighted by Gasteiger charge is -2.24. The van der Waals surface area contributed by atoms with Gasteiger partial charge in [-0.15, -0.1) is 0 Å². The lowest BCUT2D eigenvalue weighted by molar-refractivity contribution is -0.142. The van der Waals surface area contributed by atoms with E-state index in [1.54, 1.807) is 17.4 Å². The summed E-state index contributed by atoms with van der Waals surface area (Å²) in [5.41, 5.74) is 3.80. The molecule has 12 heteroatoms. The number of hydrogen-bond acceptors (Lipinski definition) is 7. The van der Waals surface area contributed by atoms with Crippen LogP contribution in [0.15, 0.2) is 42.5 Å². The summed E-state index contributed by atoms with van der Waals surface area (Å²) in [5, 5.41) is 3.78. The summed E-state index contributed by atoms with van der Waals surface area (Å²) in [7, 11) is 4.99. The second-order valence-electron chi connectivity index (χ2n) is 12.9. The van der Waals surface area contributed by atoms with Gasteiger partial charge in [0.25, 0.3) is 5.91 Å². The number of amides is 2. The molecule has 1 aliphatic rings. The van der Waals surface area contributed by atoms with E-state index in [0.717, 1.165) is 47.8 Å². The van der Waals surface area contributed by atoms with E-state index in [2.05, 4.69) is 14.6 Å². The number of hydrogen-bond donors (Lipinski definition) is 2.